The molecule has 0 radical (unpaired) electrons. The molecular weight excluding hydrogens is 402 g/mol. The molecule has 6 heteroatoms. The summed E-state index contributed by atoms with van der Waals surface area (Å²) in [6, 6.07) is 16.4. The van der Waals surface area contributed by atoms with Crippen molar-refractivity contribution in [1.82, 2.24) is 15.1 Å². The van der Waals surface area contributed by atoms with E-state index in [4.69, 9.17) is 9.47 Å². The molecule has 0 saturated carbocycles. The lowest BCUT2D eigenvalue weighted by Crippen LogP contribution is -2.51. The van der Waals surface area contributed by atoms with Crippen molar-refractivity contribution < 1.29 is 14.3 Å². The van der Waals surface area contributed by atoms with Crippen LogP contribution in [0.5, 0.6) is 5.75 Å². The summed E-state index contributed by atoms with van der Waals surface area (Å²) < 4.78 is 11.6. The summed E-state index contributed by atoms with van der Waals surface area (Å²) in [6.45, 7) is 6.48. The fourth-order valence-corrected chi connectivity index (χ4v) is 4.72. The second-order valence-corrected chi connectivity index (χ2v) is 8.92. The van der Waals surface area contributed by atoms with E-state index in [0.29, 0.717) is 19.6 Å². The number of likely N-dealkylation sites (N-methyl/N-ethyl adjacent to an activating group) is 1. The Kier molecular flexibility index (Phi) is 7.45. The zero-order valence-electron chi connectivity index (χ0n) is 19.3. The SMILES string of the molecule is COc1ccccc1-c1cccc(CC2(C(=O)NCCN3CCN(C)CC3)CCCO2)c1. The van der Waals surface area contributed by atoms with E-state index < -0.39 is 5.60 Å². The van der Waals surface area contributed by atoms with E-state index >= 15 is 0 Å². The number of amides is 1. The summed E-state index contributed by atoms with van der Waals surface area (Å²) in [7, 11) is 3.85. The van der Waals surface area contributed by atoms with Gasteiger partial charge in [0.2, 0.25) is 0 Å². The standard InChI is InChI=1S/C26H35N3O3/c1-28-14-16-29(17-15-28)13-12-27-25(30)26(11-6-18-32-26)20-21-7-5-8-22(19-21)23-9-3-4-10-24(23)31-2/h3-5,7-10,19H,6,11-18,20H2,1-2H3,(H,27,30). The minimum absolute atomic E-state index is 0.0202. The number of benzene rings is 2. The molecule has 2 aromatic carbocycles. The van der Waals surface area contributed by atoms with Crippen LogP contribution in [0.4, 0.5) is 0 Å². The number of para-hydroxylation sites is 1. The summed E-state index contributed by atoms with van der Waals surface area (Å²) in [6.07, 6.45) is 2.25. The summed E-state index contributed by atoms with van der Waals surface area (Å²) >= 11 is 0. The molecule has 0 spiro atoms. The van der Waals surface area contributed by atoms with Crippen molar-refractivity contribution in [3.05, 3.63) is 54.1 Å². The number of methoxy groups -OCH3 is 1. The summed E-state index contributed by atoms with van der Waals surface area (Å²) in [5, 5.41) is 3.17. The maximum absolute atomic E-state index is 13.2. The van der Waals surface area contributed by atoms with Crippen molar-refractivity contribution in [3.8, 4) is 16.9 Å². The highest BCUT2D eigenvalue weighted by Gasteiger charge is 2.42. The topological polar surface area (TPSA) is 54.0 Å². The van der Waals surface area contributed by atoms with E-state index in [1.54, 1.807) is 7.11 Å². The Labute approximate surface area is 191 Å². The van der Waals surface area contributed by atoms with E-state index in [-0.39, 0.29) is 5.91 Å². The van der Waals surface area contributed by atoms with Crippen LogP contribution < -0.4 is 10.1 Å². The number of ether oxygens (including phenoxy) is 2. The second kappa shape index (κ2) is 10.5. The van der Waals surface area contributed by atoms with Gasteiger partial charge < -0.3 is 19.7 Å². The van der Waals surface area contributed by atoms with Crippen molar-refractivity contribution in [2.45, 2.75) is 24.9 Å². The Morgan fingerprint density at radius 1 is 1.12 bits per heavy atom. The molecule has 2 saturated heterocycles. The van der Waals surface area contributed by atoms with E-state index in [9.17, 15) is 4.79 Å². The van der Waals surface area contributed by atoms with Gasteiger partial charge >= 0.3 is 0 Å². The number of hydrogen-bond acceptors (Lipinski definition) is 5. The van der Waals surface area contributed by atoms with Crippen LogP contribution in [0.1, 0.15) is 18.4 Å². The first-order chi connectivity index (χ1) is 15.6. The lowest BCUT2D eigenvalue weighted by molar-refractivity contribution is -0.141. The number of piperazine rings is 1. The Bertz CT molecular complexity index is 903. The fraction of sp³-hybridized carbons (Fsp3) is 0.500. The van der Waals surface area contributed by atoms with Gasteiger partial charge in [-0.25, -0.2) is 0 Å². The van der Waals surface area contributed by atoms with Crippen LogP contribution in [0, 0.1) is 0 Å². The molecular formula is C26H35N3O3. The fourth-order valence-electron chi connectivity index (χ4n) is 4.72. The largest absolute Gasteiger partial charge is 0.496 e. The van der Waals surface area contributed by atoms with Gasteiger partial charge in [-0.1, -0.05) is 42.5 Å². The van der Waals surface area contributed by atoms with Crippen molar-refractivity contribution in [3.63, 3.8) is 0 Å². The van der Waals surface area contributed by atoms with E-state index in [1.807, 2.05) is 24.3 Å². The van der Waals surface area contributed by atoms with Crippen LogP contribution in [0.2, 0.25) is 0 Å². The van der Waals surface area contributed by atoms with Crippen molar-refractivity contribution >= 4 is 5.91 Å². The lowest BCUT2D eigenvalue weighted by atomic mass is 9.89. The lowest BCUT2D eigenvalue weighted by Gasteiger charge is -2.33. The molecule has 0 bridgehead atoms. The number of nitrogens with zero attached hydrogens (tertiary/aromatic N) is 2. The highest BCUT2D eigenvalue weighted by atomic mass is 16.5. The van der Waals surface area contributed by atoms with Crippen molar-refractivity contribution in [2.24, 2.45) is 0 Å². The van der Waals surface area contributed by atoms with Gasteiger partial charge in [0.05, 0.1) is 7.11 Å². The van der Waals surface area contributed by atoms with E-state index in [2.05, 4.69) is 46.4 Å². The normalized spacial score (nSPS) is 22.1. The number of nitrogens with one attached hydrogen (secondary N) is 1. The van der Waals surface area contributed by atoms with Gasteiger partial charge in [-0.3, -0.25) is 9.69 Å². The third kappa shape index (κ3) is 5.31. The third-order valence-corrected chi connectivity index (χ3v) is 6.66. The number of carbonyl (C=O) groups excluding carboxylic acids is 1. The van der Waals surface area contributed by atoms with Crippen LogP contribution in [0.15, 0.2) is 48.5 Å². The van der Waals surface area contributed by atoms with Crippen molar-refractivity contribution in [2.75, 3.05) is 60.0 Å². The minimum Gasteiger partial charge on any atom is -0.496 e. The molecule has 1 atom stereocenters. The molecule has 6 nitrogen and oxygen atoms in total. The summed E-state index contributed by atoms with van der Waals surface area (Å²) in [5.74, 6) is 0.866. The molecule has 2 heterocycles. The second-order valence-electron chi connectivity index (χ2n) is 8.92. The van der Waals surface area contributed by atoms with Crippen molar-refractivity contribution in [1.29, 1.82) is 0 Å². The highest BCUT2D eigenvalue weighted by molar-refractivity contribution is 5.86. The molecule has 2 aromatic rings. The monoisotopic (exact) mass is 437 g/mol. The van der Waals surface area contributed by atoms with Gasteiger partial charge in [0, 0.05) is 57.9 Å². The first kappa shape index (κ1) is 22.8. The molecule has 0 aromatic heterocycles. The predicted octanol–water partition coefficient (Wildman–Crippen LogP) is 2.82. The smallest absolute Gasteiger partial charge is 0.252 e. The number of rotatable bonds is 8. The highest BCUT2D eigenvalue weighted by Crippen LogP contribution is 2.33. The molecule has 172 valence electrons. The average Bonchev–Trinajstić information content (AvgIpc) is 3.30. The Morgan fingerprint density at radius 3 is 2.69 bits per heavy atom. The van der Waals surface area contributed by atoms with E-state index in [1.165, 1.54) is 0 Å². The average molecular weight is 438 g/mol. The molecule has 2 fully saturated rings. The molecule has 1 unspecified atom stereocenters. The van der Waals surface area contributed by atoms with Crippen LogP contribution >= 0.6 is 0 Å². The molecule has 0 aliphatic carbocycles. The predicted molar refractivity (Wildman–Crippen MR) is 127 cm³/mol. The third-order valence-electron chi connectivity index (χ3n) is 6.66. The maximum Gasteiger partial charge on any atom is 0.252 e. The molecule has 1 N–H and O–H groups in total. The quantitative estimate of drug-likeness (QED) is 0.688. The molecule has 4 rings (SSSR count). The van der Waals surface area contributed by atoms with E-state index in [0.717, 1.165) is 68.0 Å². The molecule has 2 aliphatic rings. The van der Waals surface area contributed by atoms with Crippen LogP contribution in [0.3, 0.4) is 0 Å². The number of hydrogen-bond donors (Lipinski definition) is 1. The van der Waals surface area contributed by atoms with Gasteiger partial charge in [-0.15, -0.1) is 0 Å². The van der Waals surface area contributed by atoms with Crippen LogP contribution in [-0.4, -0.2) is 81.3 Å². The first-order valence-electron chi connectivity index (χ1n) is 11.7. The Hall–Kier alpha value is -2.41. The van der Waals surface area contributed by atoms with Gasteiger partial charge in [-0.05, 0) is 37.1 Å². The Balaban J connectivity index is 1.42. The molecule has 32 heavy (non-hydrogen) atoms. The molecule has 1 amide bonds. The zero-order valence-corrected chi connectivity index (χ0v) is 19.3. The molecule has 2 aliphatic heterocycles. The van der Waals surface area contributed by atoms with Gasteiger partial charge in [-0.2, -0.15) is 0 Å². The van der Waals surface area contributed by atoms with Crippen LogP contribution in [-0.2, 0) is 16.0 Å². The van der Waals surface area contributed by atoms with Gasteiger partial charge in [0.25, 0.3) is 5.91 Å². The first-order valence-corrected chi connectivity index (χ1v) is 11.7. The number of carbonyl (C=O) groups is 1. The minimum atomic E-state index is -0.776. The zero-order chi connectivity index (χ0) is 22.4. The summed E-state index contributed by atoms with van der Waals surface area (Å²) in [5.41, 5.74) is 2.46. The van der Waals surface area contributed by atoms with Gasteiger partial charge in [0.15, 0.2) is 5.60 Å². The summed E-state index contributed by atoms with van der Waals surface area (Å²) in [4.78, 5) is 18.0. The maximum atomic E-state index is 13.2. The Morgan fingerprint density at radius 2 is 1.94 bits per heavy atom. The van der Waals surface area contributed by atoms with Crippen LogP contribution in [0.25, 0.3) is 11.1 Å². The van der Waals surface area contributed by atoms with Gasteiger partial charge in [0.1, 0.15) is 5.75 Å².